The Hall–Kier alpha value is -0.770. The molecule has 1 atom stereocenters. The zero-order chi connectivity index (χ0) is 11.4. The van der Waals surface area contributed by atoms with Gasteiger partial charge in [0, 0.05) is 30.8 Å². The third kappa shape index (κ3) is 3.38. The van der Waals surface area contributed by atoms with Gasteiger partial charge in [-0.25, -0.2) is 0 Å². The highest BCUT2D eigenvalue weighted by Gasteiger charge is 2.06. The third-order valence-electron chi connectivity index (χ3n) is 2.24. The fraction of sp³-hybridized carbons (Fsp3) is 0.455. The van der Waals surface area contributed by atoms with Crippen LogP contribution in [0.1, 0.15) is 12.5 Å². The van der Waals surface area contributed by atoms with Crippen LogP contribution in [0, 0.1) is 0 Å². The Morgan fingerprint density at radius 3 is 2.67 bits per heavy atom. The predicted octanol–water partition coefficient (Wildman–Crippen LogP) is 1.62. The Labute approximate surface area is 95.5 Å². The molecule has 0 aliphatic rings. The van der Waals surface area contributed by atoms with E-state index in [1.807, 2.05) is 30.1 Å². The maximum absolute atomic E-state index is 9.26. The summed E-state index contributed by atoms with van der Waals surface area (Å²) in [6.07, 6.45) is -0.358. The third-order valence-corrected chi connectivity index (χ3v) is 2.59. The van der Waals surface area contributed by atoms with Crippen LogP contribution >= 0.6 is 11.6 Å². The van der Waals surface area contributed by atoms with E-state index in [0.29, 0.717) is 18.1 Å². The number of hydrogen-bond acceptors (Lipinski definition) is 3. The molecule has 0 saturated carbocycles. The molecule has 0 aliphatic heterocycles. The summed E-state index contributed by atoms with van der Waals surface area (Å²) in [4.78, 5) is 1.96. The van der Waals surface area contributed by atoms with Gasteiger partial charge >= 0.3 is 0 Å². The smallest absolute Gasteiger partial charge is 0.0686 e. The van der Waals surface area contributed by atoms with Crippen LogP contribution in [-0.2, 0) is 6.54 Å². The molecule has 0 heterocycles. The summed E-state index contributed by atoms with van der Waals surface area (Å²) in [7, 11) is 1.92. The van der Waals surface area contributed by atoms with Gasteiger partial charge in [-0.3, -0.25) is 0 Å². The molecule has 0 bridgehead atoms. The van der Waals surface area contributed by atoms with E-state index in [2.05, 4.69) is 0 Å². The molecular formula is C11H17ClN2O. The van der Waals surface area contributed by atoms with E-state index in [1.165, 1.54) is 0 Å². The Bertz CT molecular complexity index is 328. The number of likely N-dealkylation sites (N-methyl/N-ethyl adjacent to an activating group) is 1. The minimum atomic E-state index is -0.358. The summed E-state index contributed by atoms with van der Waals surface area (Å²) >= 11 is 6.04. The number of hydrogen-bond donors (Lipinski definition) is 2. The summed E-state index contributed by atoms with van der Waals surface area (Å²) in [5, 5.41) is 9.93. The van der Waals surface area contributed by atoms with Crippen molar-refractivity contribution in [2.75, 3.05) is 18.5 Å². The number of nitrogens with two attached hydrogens (primary N) is 1. The molecule has 0 radical (unpaired) electrons. The lowest BCUT2D eigenvalue weighted by Crippen LogP contribution is -2.26. The summed E-state index contributed by atoms with van der Waals surface area (Å²) in [5.41, 5.74) is 7.44. The SMILES string of the molecule is CC(O)CN(C)c1ccc(CN)c(Cl)c1. The normalized spacial score (nSPS) is 12.6. The number of halogens is 1. The fourth-order valence-corrected chi connectivity index (χ4v) is 1.69. The van der Waals surface area contributed by atoms with Crippen molar-refractivity contribution in [3.63, 3.8) is 0 Å². The summed E-state index contributed by atoms with van der Waals surface area (Å²) < 4.78 is 0. The number of aliphatic hydroxyl groups excluding tert-OH is 1. The molecule has 0 saturated heterocycles. The van der Waals surface area contributed by atoms with Crippen LogP contribution in [-0.4, -0.2) is 24.8 Å². The van der Waals surface area contributed by atoms with E-state index in [4.69, 9.17) is 17.3 Å². The molecule has 0 aliphatic carbocycles. The summed E-state index contributed by atoms with van der Waals surface area (Å²) in [5.74, 6) is 0. The molecule has 3 nitrogen and oxygen atoms in total. The molecule has 0 aromatic heterocycles. The van der Waals surface area contributed by atoms with Gasteiger partial charge in [-0.1, -0.05) is 17.7 Å². The van der Waals surface area contributed by atoms with Gasteiger partial charge in [0.2, 0.25) is 0 Å². The Morgan fingerprint density at radius 2 is 2.20 bits per heavy atom. The standard InChI is InChI=1S/C11H17ClN2O/c1-8(15)7-14(2)10-4-3-9(6-13)11(12)5-10/h3-5,8,15H,6-7,13H2,1-2H3. The van der Waals surface area contributed by atoms with Gasteiger partial charge in [-0.15, -0.1) is 0 Å². The van der Waals surface area contributed by atoms with Crippen LogP contribution in [0.4, 0.5) is 5.69 Å². The van der Waals surface area contributed by atoms with Crippen LogP contribution in [0.5, 0.6) is 0 Å². The van der Waals surface area contributed by atoms with Gasteiger partial charge in [0.1, 0.15) is 0 Å². The second kappa shape index (κ2) is 5.35. The fourth-order valence-electron chi connectivity index (χ4n) is 1.44. The highest BCUT2D eigenvalue weighted by atomic mass is 35.5. The maximum atomic E-state index is 9.26. The topological polar surface area (TPSA) is 49.5 Å². The van der Waals surface area contributed by atoms with Gasteiger partial charge in [-0.05, 0) is 24.6 Å². The highest BCUT2D eigenvalue weighted by molar-refractivity contribution is 6.31. The lowest BCUT2D eigenvalue weighted by atomic mass is 10.2. The van der Waals surface area contributed by atoms with Crippen molar-refractivity contribution in [3.05, 3.63) is 28.8 Å². The Kier molecular flexibility index (Phi) is 4.39. The number of aliphatic hydroxyl groups is 1. The largest absolute Gasteiger partial charge is 0.392 e. The summed E-state index contributed by atoms with van der Waals surface area (Å²) in [6.45, 7) is 2.78. The minimum absolute atomic E-state index is 0.358. The van der Waals surface area contributed by atoms with Crippen LogP contribution < -0.4 is 10.6 Å². The van der Waals surface area contributed by atoms with E-state index in [0.717, 1.165) is 11.3 Å². The Balaban J connectivity index is 2.82. The van der Waals surface area contributed by atoms with E-state index >= 15 is 0 Å². The molecule has 15 heavy (non-hydrogen) atoms. The first-order chi connectivity index (χ1) is 7.04. The second-order valence-corrected chi connectivity index (χ2v) is 4.12. The molecule has 1 aromatic carbocycles. The van der Waals surface area contributed by atoms with Gasteiger partial charge in [0.15, 0.2) is 0 Å². The first kappa shape index (κ1) is 12.3. The van der Waals surface area contributed by atoms with Crippen molar-refractivity contribution in [3.8, 4) is 0 Å². The van der Waals surface area contributed by atoms with Crippen molar-refractivity contribution >= 4 is 17.3 Å². The van der Waals surface area contributed by atoms with Crippen molar-refractivity contribution in [2.24, 2.45) is 5.73 Å². The van der Waals surface area contributed by atoms with Gasteiger partial charge in [-0.2, -0.15) is 0 Å². The predicted molar refractivity (Wildman–Crippen MR) is 64.3 cm³/mol. The molecule has 0 fully saturated rings. The van der Waals surface area contributed by atoms with Gasteiger partial charge in [0.25, 0.3) is 0 Å². The zero-order valence-electron chi connectivity index (χ0n) is 9.07. The number of anilines is 1. The van der Waals surface area contributed by atoms with Crippen molar-refractivity contribution in [2.45, 2.75) is 19.6 Å². The lowest BCUT2D eigenvalue weighted by molar-refractivity contribution is 0.201. The summed E-state index contributed by atoms with van der Waals surface area (Å²) in [6, 6.07) is 5.73. The average molecular weight is 229 g/mol. The monoisotopic (exact) mass is 228 g/mol. The number of benzene rings is 1. The van der Waals surface area contributed by atoms with Crippen LogP contribution in [0.25, 0.3) is 0 Å². The van der Waals surface area contributed by atoms with Crippen molar-refractivity contribution in [1.82, 2.24) is 0 Å². The molecule has 0 spiro atoms. The molecule has 3 N–H and O–H groups in total. The minimum Gasteiger partial charge on any atom is -0.392 e. The average Bonchev–Trinajstić information content (AvgIpc) is 2.16. The quantitative estimate of drug-likeness (QED) is 0.824. The second-order valence-electron chi connectivity index (χ2n) is 3.71. The molecule has 1 unspecified atom stereocenters. The molecule has 0 amide bonds. The van der Waals surface area contributed by atoms with E-state index in [1.54, 1.807) is 6.92 Å². The first-order valence-corrected chi connectivity index (χ1v) is 5.30. The van der Waals surface area contributed by atoms with Gasteiger partial charge < -0.3 is 15.7 Å². The maximum Gasteiger partial charge on any atom is 0.0686 e. The molecule has 4 heteroatoms. The van der Waals surface area contributed by atoms with Crippen LogP contribution in [0.3, 0.4) is 0 Å². The van der Waals surface area contributed by atoms with E-state index in [9.17, 15) is 5.11 Å². The molecule has 1 aromatic rings. The van der Waals surface area contributed by atoms with Gasteiger partial charge in [0.05, 0.1) is 6.10 Å². The van der Waals surface area contributed by atoms with Crippen LogP contribution in [0.15, 0.2) is 18.2 Å². The van der Waals surface area contributed by atoms with Crippen LogP contribution in [0.2, 0.25) is 5.02 Å². The van der Waals surface area contributed by atoms with E-state index in [-0.39, 0.29) is 6.10 Å². The van der Waals surface area contributed by atoms with Crippen molar-refractivity contribution in [1.29, 1.82) is 0 Å². The lowest BCUT2D eigenvalue weighted by Gasteiger charge is -2.21. The highest BCUT2D eigenvalue weighted by Crippen LogP contribution is 2.22. The molecular weight excluding hydrogens is 212 g/mol. The number of nitrogens with zero attached hydrogens (tertiary/aromatic N) is 1. The number of rotatable bonds is 4. The molecule has 84 valence electrons. The molecule has 1 rings (SSSR count). The van der Waals surface area contributed by atoms with Crippen molar-refractivity contribution < 1.29 is 5.11 Å². The van der Waals surface area contributed by atoms with E-state index < -0.39 is 0 Å². The zero-order valence-corrected chi connectivity index (χ0v) is 9.83. The first-order valence-electron chi connectivity index (χ1n) is 4.92. The Morgan fingerprint density at radius 1 is 1.53 bits per heavy atom.